The first-order valence-electron chi connectivity index (χ1n) is 10.5. The number of phenols is 1. The second kappa shape index (κ2) is 12.4. The Morgan fingerprint density at radius 3 is 2.15 bits per heavy atom. The van der Waals surface area contributed by atoms with Crippen molar-refractivity contribution in [1.82, 2.24) is 9.80 Å². The number of para-hydroxylation sites is 1. The van der Waals surface area contributed by atoms with Gasteiger partial charge in [-0.3, -0.25) is 9.69 Å². The number of hydrogen-bond acceptors (Lipinski definition) is 6. The monoisotopic (exact) mass is 458 g/mol. The van der Waals surface area contributed by atoms with Gasteiger partial charge in [0.05, 0.1) is 7.11 Å². The molecular weight excluding hydrogens is 428 g/mol. The maximum Gasteiger partial charge on any atom is 0.414 e. The molecule has 0 saturated carbocycles. The van der Waals surface area contributed by atoms with E-state index in [9.17, 15) is 9.90 Å². The molecule has 0 spiro atoms. The lowest BCUT2D eigenvalue weighted by Crippen LogP contribution is -2.40. The van der Waals surface area contributed by atoms with Crippen LogP contribution in [-0.4, -0.2) is 70.2 Å². The number of benzene rings is 2. The molecule has 1 amide bonds. The number of methoxy groups -OCH3 is 1. The van der Waals surface area contributed by atoms with Crippen molar-refractivity contribution in [3.8, 4) is 11.5 Å². The minimum atomic E-state index is -1.82. The van der Waals surface area contributed by atoms with Gasteiger partial charge < -0.3 is 25.0 Å². The summed E-state index contributed by atoms with van der Waals surface area (Å²) in [7, 11) is 3.44. The van der Waals surface area contributed by atoms with Gasteiger partial charge in [-0.1, -0.05) is 42.5 Å². The first-order chi connectivity index (χ1) is 15.7. The van der Waals surface area contributed by atoms with Crippen LogP contribution in [0.2, 0.25) is 0 Å². The lowest BCUT2D eigenvalue weighted by atomic mass is 9.94. The SMILES string of the molecule is COc1cccc(CN2CCC(C(=O)N(C)Cc3ccccc3)CC2)c1O.O=C(O)C(=O)O. The summed E-state index contributed by atoms with van der Waals surface area (Å²) in [5, 5.41) is 25.0. The zero-order valence-corrected chi connectivity index (χ0v) is 18.8. The number of amides is 1. The third-order valence-electron chi connectivity index (χ3n) is 5.45. The van der Waals surface area contributed by atoms with Gasteiger partial charge in [-0.05, 0) is 37.6 Å². The molecule has 0 bridgehead atoms. The van der Waals surface area contributed by atoms with Gasteiger partial charge in [-0.15, -0.1) is 0 Å². The van der Waals surface area contributed by atoms with Gasteiger partial charge in [0.2, 0.25) is 5.91 Å². The molecule has 0 aliphatic carbocycles. The van der Waals surface area contributed by atoms with Gasteiger partial charge in [-0.2, -0.15) is 0 Å². The Kier molecular flexibility index (Phi) is 9.68. The van der Waals surface area contributed by atoms with Crippen LogP contribution < -0.4 is 4.74 Å². The smallest absolute Gasteiger partial charge is 0.414 e. The number of nitrogens with zero attached hydrogens (tertiary/aromatic N) is 2. The Balaban J connectivity index is 0.000000569. The topological polar surface area (TPSA) is 128 Å². The van der Waals surface area contributed by atoms with E-state index in [2.05, 4.69) is 4.90 Å². The summed E-state index contributed by atoms with van der Waals surface area (Å²) in [6.45, 7) is 3.03. The second-order valence-electron chi connectivity index (χ2n) is 7.81. The summed E-state index contributed by atoms with van der Waals surface area (Å²) in [6.07, 6.45) is 1.70. The van der Waals surface area contributed by atoms with Crippen LogP contribution in [0.1, 0.15) is 24.0 Å². The second-order valence-corrected chi connectivity index (χ2v) is 7.81. The van der Waals surface area contributed by atoms with Crippen LogP contribution in [0.4, 0.5) is 0 Å². The van der Waals surface area contributed by atoms with Crippen molar-refractivity contribution in [2.75, 3.05) is 27.2 Å². The van der Waals surface area contributed by atoms with E-state index < -0.39 is 11.9 Å². The van der Waals surface area contributed by atoms with E-state index in [-0.39, 0.29) is 17.6 Å². The molecule has 1 fully saturated rings. The molecule has 2 aromatic carbocycles. The molecular formula is C24H30N2O7. The third-order valence-corrected chi connectivity index (χ3v) is 5.45. The van der Waals surface area contributed by atoms with Crippen LogP contribution in [0, 0.1) is 5.92 Å². The summed E-state index contributed by atoms with van der Waals surface area (Å²) in [5.41, 5.74) is 2.01. The zero-order chi connectivity index (χ0) is 24.4. The van der Waals surface area contributed by atoms with Crippen molar-refractivity contribution < 1.29 is 34.4 Å². The number of hydrogen-bond donors (Lipinski definition) is 3. The van der Waals surface area contributed by atoms with E-state index in [4.69, 9.17) is 24.5 Å². The van der Waals surface area contributed by atoms with E-state index >= 15 is 0 Å². The maximum atomic E-state index is 12.8. The van der Waals surface area contributed by atoms with Crippen LogP contribution in [0.3, 0.4) is 0 Å². The highest BCUT2D eigenvalue weighted by Gasteiger charge is 2.27. The Hall–Kier alpha value is -3.59. The van der Waals surface area contributed by atoms with Gasteiger partial charge in [0, 0.05) is 31.6 Å². The molecule has 1 saturated heterocycles. The number of phenolic OH excluding ortho intramolecular Hbond substituents is 1. The molecule has 1 heterocycles. The average molecular weight is 459 g/mol. The van der Waals surface area contributed by atoms with E-state index in [1.54, 1.807) is 13.2 Å². The number of rotatable bonds is 6. The fourth-order valence-electron chi connectivity index (χ4n) is 3.69. The van der Waals surface area contributed by atoms with Crippen LogP contribution >= 0.6 is 0 Å². The number of carbonyl (C=O) groups is 3. The molecule has 9 heteroatoms. The lowest BCUT2D eigenvalue weighted by molar-refractivity contribution is -0.159. The summed E-state index contributed by atoms with van der Waals surface area (Å²) in [4.78, 5) is 35.1. The molecule has 9 nitrogen and oxygen atoms in total. The van der Waals surface area contributed by atoms with Crippen molar-refractivity contribution >= 4 is 17.8 Å². The predicted octanol–water partition coefficient (Wildman–Crippen LogP) is 2.43. The Morgan fingerprint density at radius 2 is 1.61 bits per heavy atom. The Bertz CT molecular complexity index is 929. The predicted molar refractivity (Wildman–Crippen MR) is 121 cm³/mol. The maximum absolute atomic E-state index is 12.8. The number of likely N-dealkylation sites (tertiary alicyclic amines) is 1. The molecule has 0 radical (unpaired) electrons. The summed E-state index contributed by atoms with van der Waals surface area (Å²) in [5.74, 6) is -2.64. The normalized spacial score (nSPS) is 14.0. The van der Waals surface area contributed by atoms with Crippen molar-refractivity contribution in [3.63, 3.8) is 0 Å². The molecule has 33 heavy (non-hydrogen) atoms. The molecule has 3 N–H and O–H groups in total. The summed E-state index contributed by atoms with van der Waals surface area (Å²) in [6, 6.07) is 15.7. The fraction of sp³-hybridized carbons (Fsp3) is 0.375. The van der Waals surface area contributed by atoms with Gasteiger partial charge in [-0.25, -0.2) is 9.59 Å². The third kappa shape index (κ3) is 7.80. The minimum Gasteiger partial charge on any atom is -0.504 e. The summed E-state index contributed by atoms with van der Waals surface area (Å²) >= 11 is 0. The molecule has 2 aromatic rings. The van der Waals surface area contributed by atoms with Gasteiger partial charge in [0.25, 0.3) is 0 Å². The zero-order valence-electron chi connectivity index (χ0n) is 18.8. The number of ether oxygens (including phenoxy) is 1. The van der Waals surface area contributed by atoms with Crippen molar-refractivity contribution in [3.05, 3.63) is 59.7 Å². The van der Waals surface area contributed by atoms with Crippen molar-refractivity contribution in [1.29, 1.82) is 0 Å². The largest absolute Gasteiger partial charge is 0.504 e. The minimum absolute atomic E-state index is 0.0777. The standard InChI is InChI=1S/C22H28N2O3.C2H2O4/c1-23(15-17-7-4-3-5-8-17)22(26)18-11-13-24(14-12-18)16-19-9-6-10-20(27-2)21(19)25;3-1(4)2(5)6/h3-10,18,25H,11-16H2,1-2H3;(H,3,4)(H,5,6). The Labute approximate surface area is 192 Å². The lowest BCUT2D eigenvalue weighted by Gasteiger charge is -2.33. The molecule has 0 aromatic heterocycles. The van der Waals surface area contributed by atoms with Crippen molar-refractivity contribution in [2.45, 2.75) is 25.9 Å². The number of carboxylic acids is 2. The first kappa shape index (κ1) is 25.7. The highest BCUT2D eigenvalue weighted by molar-refractivity contribution is 6.27. The van der Waals surface area contributed by atoms with E-state index in [0.717, 1.165) is 37.1 Å². The van der Waals surface area contributed by atoms with Gasteiger partial charge in [0.1, 0.15) is 0 Å². The molecule has 3 rings (SSSR count). The molecule has 0 atom stereocenters. The Morgan fingerprint density at radius 1 is 1.00 bits per heavy atom. The summed E-state index contributed by atoms with van der Waals surface area (Å²) < 4.78 is 5.18. The van der Waals surface area contributed by atoms with E-state index in [1.807, 2.05) is 54.4 Å². The fourth-order valence-corrected chi connectivity index (χ4v) is 3.69. The molecule has 1 aliphatic rings. The highest BCUT2D eigenvalue weighted by Crippen LogP contribution is 2.31. The van der Waals surface area contributed by atoms with Crippen LogP contribution in [0.5, 0.6) is 11.5 Å². The van der Waals surface area contributed by atoms with Crippen LogP contribution in [0.25, 0.3) is 0 Å². The quantitative estimate of drug-likeness (QED) is 0.563. The molecule has 178 valence electrons. The van der Waals surface area contributed by atoms with Crippen molar-refractivity contribution in [2.24, 2.45) is 5.92 Å². The number of aliphatic carboxylic acids is 2. The van der Waals surface area contributed by atoms with Crippen LogP contribution in [0.15, 0.2) is 48.5 Å². The number of carboxylic acid groups (broad SMARTS) is 2. The van der Waals surface area contributed by atoms with E-state index in [0.29, 0.717) is 18.8 Å². The number of aromatic hydroxyl groups is 1. The first-order valence-corrected chi connectivity index (χ1v) is 10.5. The molecule has 1 aliphatic heterocycles. The number of carbonyl (C=O) groups excluding carboxylic acids is 1. The van der Waals surface area contributed by atoms with Gasteiger partial charge in [0.15, 0.2) is 11.5 Å². The average Bonchev–Trinajstić information content (AvgIpc) is 2.81. The highest BCUT2D eigenvalue weighted by atomic mass is 16.5. The molecule has 0 unspecified atom stereocenters. The van der Waals surface area contributed by atoms with Crippen LogP contribution in [-0.2, 0) is 27.5 Å². The van der Waals surface area contributed by atoms with E-state index in [1.165, 1.54) is 0 Å². The number of piperidine rings is 1. The van der Waals surface area contributed by atoms with Gasteiger partial charge >= 0.3 is 11.9 Å².